The normalized spacial score (nSPS) is 33.3. The van der Waals surface area contributed by atoms with Crippen LogP contribution < -0.4 is 5.32 Å². The molecule has 1 aliphatic carbocycles. The zero-order valence-corrected chi connectivity index (χ0v) is 7.56. The molecule has 2 fully saturated rings. The van der Waals surface area contributed by atoms with E-state index in [1.807, 2.05) is 0 Å². The highest BCUT2D eigenvalue weighted by Crippen LogP contribution is 2.49. The quantitative estimate of drug-likeness (QED) is 0.688. The average Bonchev–Trinajstić information content (AvgIpc) is 2.64. The van der Waals surface area contributed by atoms with Gasteiger partial charge in [0.1, 0.15) is 12.0 Å². The maximum Gasteiger partial charge on any atom is 0.397 e. The van der Waals surface area contributed by atoms with Crippen LogP contribution in [0, 0.1) is 5.92 Å². The van der Waals surface area contributed by atoms with Crippen molar-refractivity contribution in [2.75, 3.05) is 6.61 Å². The molecule has 1 amide bonds. The van der Waals surface area contributed by atoms with Crippen LogP contribution >= 0.6 is 0 Å². The fourth-order valence-electron chi connectivity index (χ4n) is 1.77. The van der Waals surface area contributed by atoms with Crippen LogP contribution in [0.5, 0.6) is 0 Å². The summed E-state index contributed by atoms with van der Waals surface area (Å²) in [7, 11) is 0. The zero-order chi connectivity index (χ0) is 11.3. The Kier molecular flexibility index (Phi) is 1.96. The highest BCUT2D eigenvalue weighted by atomic mass is 19.4. The van der Waals surface area contributed by atoms with Crippen molar-refractivity contribution in [3.05, 3.63) is 0 Å². The minimum atomic E-state index is -4.55. The molecule has 2 aliphatic rings. The molecule has 2 rings (SSSR count). The van der Waals surface area contributed by atoms with Crippen molar-refractivity contribution < 1.29 is 27.5 Å². The number of fused-ring (bicyclic) bond motifs is 1. The van der Waals surface area contributed by atoms with Gasteiger partial charge in [0.05, 0.1) is 6.61 Å². The highest BCUT2D eigenvalue weighted by Gasteiger charge is 2.67. The van der Waals surface area contributed by atoms with E-state index >= 15 is 0 Å². The van der Waals surface area contributed by atoms with E-state index in [1.54, 1.807) is 0 Å². The van der Waals surface area contributed by atoms with Crippen molar-refractivity contribution in [3.8, 4) is 0 Å². The van der Waals surface area contributed by atoms with Gasteiger partial charge < -0.3 is 10.1 Å². The molecule has 0 radical (unpaired) electrons. The summed E-state index contributed by atoms with van der Waals surface area (Å²) in [5.41, 5.74) is -1.15. The first kappa shape index (κ1) is 10.3. The Labute approximate surface area is 82.8 Å². The van der Waals surface area contributed by atoms with Gasteiger partial charge in [-0.3, -0.25) is 4.79 Å². The second-order valence-electron chi connectivity index (χ2n) is 3.81. The lowest BCUT2D eigenvalue weighted by molar-refractivity contribution is -0.157. The van der Waals surface area contributed by atoms with Gasteiger partial charge in [-0.2, -0.15) is 13.2 Å². The fourth-order valence-corrected chi connectivity index (χ4v) is 1.77. The summed E-state index contributed by atoms with van der Waals surface area (Å²) in [6, 6.07) is 0. The molecule has 0 aromatic rings. The van der Waals surface area contributed by atoms with E-state index in [0.29, 0.717) is 6.42 Å². The minimum Gasteiger partial charge on any atom is -0.464 e. The van der Waals surface area contributed by atoms with Crippen LogP contribution in [-0.4, -0.2) is 30.2 Å². The van der Waals surface area contributed by atoms with Crippen molar-refractivity contribution in [3.63, 3.8) is 0 Å². The topological polar surface area (TPSA) is 55.4 Å². The van der Waals surface area contributed by atoms with Crippen LogP contribution in [0.2, 0.25) is 0 Å². The van der Waals surface area contributed by atoms with Crippen LogP contribution in [0.25, 0.3) is 0 Å². The van der Waals surface area contributed by atoms with E-state index in [0.717, 1.165) is 0 Å². The van der Waals surface area contributed by atoms with Gasteiger partial charge in [-0.15, -0.1) is 0 Å². The number of cyclic esters (lactones) is 1. The first-order chi connectivity index (χ1) is 6.83. The smallest absolute Gasteiger partial charge is 0.397 e. The number of carbonyl (C=O) groups excluding carboxylic acids is 2. The largest absolute Gasteiger partial charge is 0.464 e. The molecule has 1 aliphatic heterocycles. The number of amides is 1. The Morgan fingerprint density at radius 3 is 2.67 bits per heavy atom. The number of rotatable bonds is 2. The monoisotopic (exact) mass is 223 g/mol. The summed E-state index contributed by atoms with van der Waals surface area (Å²) < 4.78 is 40.1. The van der Waals surface area contributed by atoms with Crippen molar-refractivity contribution in [1.82, 2.24) is 5.32 Å². The van der Waals surface area contributed by atoms with E-state index in [9.17, 15) is 22.8 Å². The summed E-state index contributed by atoms with van der Waals surface area (Å²) in [4.78, 5) is 22.1. The predicted octanol–water partition coefficient (Wildman–Crippen LogP) is 0.371. The molecular formula is C8H8F3NO3. The standard InChI is InChI=1S/C8H8F3NO3/c9-8(10,11)2-5(13)12-7-1-4(7)3-15-6(7)14/h4H,1-3H2,(H,12,13)/t4-,7?/m0/s1. The molecule has 1 saturated heterocycles. The minimum absolute atomic E-state index is 0.151. The Morgan fingerprint density at radius 2 is 2.27 bits per heavy atom. The van der Waals surface area contributed by atoms with Gasteiger partial charge in [0.25, 0.3) is 0 Å². The molecule has 2 atom stereocenters. The number of hydrogen-bond acceptors (Lipinski definition) is 3. The van der Waals surface area contributed by atoms with Crippen molar-refractivity contribution in [1.29, 1.82) is 0 Å². The van der Waals surface area contributed by atoms with Crippen LogP contribution in [-0.2, 0) is 14.3 Å². The SMILES string of the molecule is O=C(CC(F)(F)F)NC12C[C@H]1COC2=O. The number of alkyl halides is 3. The first-order valence-corrected chi connectivity index (χ1v) is 4.38. The molecular weight excluding hydrogens is 215 g/mol. The third kappa shape index (κ3) is 1.78. The van der Waals surface area contributed by atoms with Gasteiger partial charge in [-0.05, 0) is 6.42 Å². The van der Waals surface area contributed by atoms with E-state index in [1.165, 1.54) is 0 Å². The summed E-state index contributed by atoms with van der Waals surface area (Å²) in [5, 5.41) is 2.10. The molecule has 0 aromatic carbocycles. The Bertz CT molecular complexity index is 328. The second kappa shape index (κ2) is 2.86. The Balaban J connectivity index is 1.93. The number of esters is 1. The second-order valence-corrected chi connectivity index (χ2v) is 3.81. The third-order valence-electron chi connectivity index (χ3n) is 2.61. The van der Waals surface area contributed by atoms with Crippen molar-refractivity contribution >= 4 is 11.9 Å². The summed E-state index contributed by atoms with van der Waals surface area (Å²) in [6.45, 7) is 0.186. The lowest BCUT2D eigenvalue weighted by atomic mass is 10.2. The van der Waals surface area contributed by atoms with E-state index in [-0.39, 0.29) is 12.5 Å². The number of hydrogen-bond donors (Lipinski definition) is 1. The van der Waals surface area contributed by atoms with Crippen LogP contribution in [0.4, 0.5) is 13.2 Å². The molecule has 1 heterocycles. The number of halogens is 3. The van der Waals surface area contributed by atoms with Crippen molar-refractivity contribution in [2.24, 2.45) is 5.92 Å². The summed E-state index contributed by atoms with van der Waals surface area (Å²) in [6.07, 6.45) is -5.72. The molecule has 84 valence electrons. The maximum absolute atomic E-state index is 11.8. The molecule has 15 heavy (non-hydrogen) atoms. The fraction of sp³-hybridized carbons (Fsp3) is 0.750. The lowest BCUT2D eigenvalue weighted by Gasteiger charge is -2.12. The van der Waals surface area contributed by atoms with Crippen LogP contribution in [0.15, 0.2) is 0 Å². The highest BCUT2D eigenvalue weighted by molar-refractivity contribution is 5.93. The van der Waals surface area contributed by atoms with Gasteiger partial charge in [-0.1, -0.05) is 0 Å². The summed E-state index contributed by atoms with van der Waals surface area (Å²) >= 11 is 0. The number of ether oxygens (including phenoxy) is 1. The van der Waals surface area contributed by atoms with Crippen LogP contribution in [0.3, 0.4) is 0 Å². The maximum atomic E-state index is 11.8. The van der Waals surface area contributed by atoms with Gasteiger partial charge >= 0.3 is 12.1 Å². The van der Waals surface area contributed by atoms with Gasteiger partial charge in [0.15, 0.2) is 0 Å². The molecule has 0 aromatic heterocycles. The molecule has 0 bridgehead atoms. The van der Waals surface area contributed by atoms with Gasteiger partial charge in [0, 0.05) is 5.92 Å². The Hall–Kier alpha value is -1.27. The van der Waals surface area contributed by atoms with Gasteiger partial charge in [-0.25, -0.2) is 4.79 Å². The van der Waals surface area contributed by atoms with Gasteiger partial charge in [0.2, 0.25) is 5.91 Å². The third-order valence-corrected chi connectivity index (χ3v) is 2.61. The van der Waals surface area contributed by atoms with Crippen LogP contribution in [0.1, 0.15) is 12.8 Å². The van der Waals surface area contributed by atoms with E-state index < -0.39 is 30.0 Å². The molecule has 1 saturated carbocycles. The Morgan fingerprint density at radius 1 is 1.60 bits per heavy atom. The zero-order valence-electron chi connectivity index (χ0n) is 7.56. The molecule has 0 spiro atoms. The molecule has 7 heteroatoms. The summed E-state index contributed by atoms with van der Waals surface area (Å²) in [5.74, 6) is -1.95. The van der Waals surface area contributed by atoms with Crippen molar-refractivity contribution in [2.45, 2.75) is 24.6 Å². The number of nitrogens with one attached hydrogen (secondary N) is 1. The molecule has 1 unspecified atom stereocenters. The lowest BCUT2D eigenvalue weighted by Crippen LogP contribution is -2.44. The predicted molar refractivity (Wildman–Crippen MR) is 40.6 cm³/mol. The number of carbonyl (C=O) groups is 2. The average molecular weight is 223 g/mol. The first-order valence-electron chi connectivity index (χ1n) is 4.38. The van der Waals surface area contributed by atoms with E-state index in [4.69, 9.17) is 0 Å². The molecule has 4 nitrogen and oxygen atoms in total. The molecule has 1 N–H and O–H groups in total. The van der Waals surface area contributed by atoms with E-state index in [2.05, 4.69) is 10.1 Å².